The van der Waals surface area contributed by atoms with Gasteiger partial charge in [0.25, 0.3) is 0 Å². The van der Waals surface area contributed by atoms with Gasteiger partial charge in [-0.25, -0.2) is 0 Å². The molecule has 1 aromatic carbocycles. The molecule has 1 N–H and O–H groups in total. The van der Waals surface area contributed by atoms with Gasteiger partial charge < -0.3 is 5.41 Å². The van der Waals surface area contributed by atoms with Crippen molar-refractivity contribution in [2.75, 3.05) is 0 Å². The summed E-state index contributed by atoms with van der Waals surface area (Å²) in [6.07, 6.45) is 3.45. The van der Waals surface area contributed by atoms with Crippen molar-refractivity contribution in [2.24, 2.45) is 0 Å². The van der Waals surface area contributed by atoms with Gasteiger partial charge in [-0.2, -0.15) is 0 Å². The fraction of sp³-hybridized carbons (Fsp3) is 0.182. The molecule has 0 aliphatic heterocycles. The van der Waals surface area contributed by atoms with Crippen LogP contribution in [-0.4, -0.2) is 6.21 Å². The van der Waals surface area contributed by atoms with Crippen LogP contribution in [0.2, 0.25) is 0 Å². The summed E-state index contributed by atoms with van der Waals surface area (Å²) in [6, 6.07) is 7.94. The molecule has 0 spiro atoms. The molecule has 0 aromatic heterocycles. The summed E-state index contributed by atoms with van der Waals surface area (Å²) in [4.78, 5) is 0. The van der Waals surface area contributed by atoms with Crippen LogP contribution in [0, 0.1) is 5.41 Å². The van der Waals surface area contributed by atoms with Crippen molar-refractivity contribution < 1.29 is 0 Å². The van der Waals surface area contributed by atoms with Gasteiger partial charge in [0.2, 0.25) is 0 Å². The van der Waals surface area contributed by atoms with Gasteiger partial charge in [0.15, 0.2) is 0 Å². The molecule has 1 heteroatoms. The van der Waals surface area contributed by atoms with Crippen LogP contribution in [0.5, 0.6) is 0 Å². The second kappa shape index (κ2) is 3.86. The van der Waals surface area contributed by atoms with E-state index in [4.69, 9.17) is 5.41 Å². The maximum Gasteiger partial charge on any atom is 0.0256 e. The molecule has 0 saturated carbocycles. The zero-order chi connectivity index (χ0) is 8.97. The lowest BCUT2D eigenvalue weighted by atomic mass is 10.0. The van der Waals surface area contributed by atoms with E-state index in [0.29, 0.717) is 0 Å². The summed E-state index contributed by atoms with van der Waals surface area (Å²) in [5.41, 5.74) is 3.34. The Labute approximate surface area is 73.3 Å². The first-order valence-corrected chi connectivity index (χ1v) is 4.02. The molecule has 1 nitrogen and oxygen atoms in total. The molecule has 0 aliphatic rings. The fourth-order valence-corrected chi connectivity index (χ4v) is 1.14. The minimum Gasteiger partial charge on any atom is -0.308 e. The molecule has 1 aromatic rings. The van der Waals surface area contributed by atoms with E-state index >= 15 is 0 Å². The highest BCUT2D eigenvalue weighted by Crippen LogP contribution is 2.16. The lowest BCUT2D eigenvalue weighted by Crippen LogP contribution is -1.88. The van der Waals surface area contributed by atoms with Gasteiger partial charge in [0.1, 0.15) is 0 Å². The van der Waals surface area contributed by atoms with Gasteiger partial charge in [-0.3, -0.25) is 0 Å². The van der Waals surface area contributed by atoms with Crippen LogP contribution in [0.15, 0.2) is 30.3 Å². The van der Waals surface area contributed by atoms with E-state index in [1.54, 1.807) is 0 Å². The predicted octanol–water partition coefficient (Wildman–Crippen LogP) is 3.11. The van der Waals surface area contributed by atoms with E-state index in [1.165, 1.54) is 11.8 Å². The highest BCUT2D eigenvalue weighted by Gasteiger charge is 1.98. The zero-order valence-electron chi connectivity index (χ0n) is 7.46. The average molecular weight is 159 g/mol. The summed E-state index contributed by atoms with van der Waals surface area (Å²) in [7, 11) is 0. The van der Waals surface area contributed by atoms with Gasteiger partial charge in [0, 0.05) is 6.21 Å². The topological polar surface area (TPSA) is 23.9 Å². The van der Waals surface area contributed by atoms with Crippen molar-refractivity contribution in [1.29, 1.82) is 5.41 Å². The monoisotopic (exact) mass is 159 g/mol. The molecule has 0 fully saturated rings. The number of hydrogen-bond acceptors (Lipinski definition) is 1. The quantitative estimate of drug-likeness (QED) is 0.641. The maximum atomic E-state index is 7.20. The van der Waals surface area contributed by atoms with Gasteiger partial charge >= 0.3 is 0 Å². The third-order valence-electron chi connectivity index (χ3n) is 1.97. The van der Waals surface area contributed by atoms with Gasteiger partial charge in [-0.1, -0.05) is 30.3 Å². The molecule has 0 radical (unpaired) electrons. The van der Waals surface area contributed by atoms with E-state index in [2.05, 4.69) is 13.0 Å². The van der Waals surface area contributed by atoms with Crippen LogP contribution in [0.3, 0.4) is 0 Å². The van der Waals surface area contributed by atoms with Crippen LogP contribution >= 0.6 is 0 Å². The third kappa shape index (κ3) is 1.62. The minimum atomic E-state index is 0.980. The molecule has 0 bridgehead atoms. The maximum absolute atomic E-state index is 7.20. The fourth-order valence-electron chi connectivity index (χ4n) is 1.14. The van der Waals surface area contributed by atoms with Crippen molar-refractivity contribution in [2.45, 2.75) is 13.8 Å². The van der Waals surface area contributed by atoms with Crippen LogP contribution in [0.1, 0.15) is 25.0 Å². The molecule has 0 atom stereocenters. The summed E-state index contributed by atoms with van der Waals surface area (Å²) < 4.78 is 0. The predicted molar refractivity (Wildman–Crippen MR) is 53.7 cm³/mol. The SMILES string of the molecule is C/C=C(/C)c1ccccc1C=N. The molecular weight excluding hydrogens is 146 g/mol. The Balaban J connectivity index is 3.22. The van der Waals surface area contributed by atoms with E-state index in [1.807, 2.05) is 31.2 Å². The van der Waals surface area contributed by atoms with Crippen molar-refractivity contribution in [1.82, 2.24) is 0 Å². The Bertz CT molecular complexity index is 311. The Morgan fingerprint density at radius 2 is 2.00 bits per heavy atom. The first-order valence-electron chi connectivity index (χ1n) is 4.02. The summed E-state index contributed by atoms with van der Waals surface area (Å²) in [5.74, 6) is 0. The summed E-state index contributed by atoms with van der Waals surface area (Å²) in [5, 5.41) is 7.20. The lowest BCUT2D eigenvalue weighted by molar-refractivity contribution is 1.49. The first kappa shape index (κ1) is 8.72. The van der Waals surface area contributed by atoms with Crippen LogP contribution < -0.4 is 0 Å². The van der Waals surface area contributed by atoms with Gasteiger partial charge in [0.05, 0.1) is 0 Å². The molecule has 0 amide bonds. The van der Waals surface area contributed by atoms with Crippen LogP contribution in [0.25, 0.3) is 5.57 Å². The summed E-state index contributed by atoms with van der Waals surface area (Å²) >= 11 is 0. The Hall–Kier alpha value is -1.37. The van der Waals surface area contributed by atoms with Crippen molar-refractivity contribution in [3.05, 3.63) is 41.5 Å². The normalized spacial score (nSPS) is 11.3. The highest BCUT2D eigenvalue weighted by atomic mass is 14.3. The van der Waals surface area contributed by atoms with Crippen molar-refractivity contribution >= 4 is 11.8 Å². The van der Waals surface area contributed by atoms with Crippen molar-refractivity contribution in [3.8, 4) is 0 Å². The third-order valence-corrected chi connectivity index (χ3v) is 1.97. The number of allylic oxidation sites excluding steroid dienone is 2. The molecule has 0 heterocycles. The molecular formula is C11H13N. The average Bonchev–Trinajstić information content (AvgIpc) is 2.16. The molecule has 0 saturated heterocycles. The van der Waals surface area contributed by atoms with Crippen molar-refractivity contribution in [3.63, 3.8) is 0 Å². The smallest absolute Gasteiger partial charge is 0.0256 e. The number of hydrogen-bond donors (Lipinski definition) is 1. The molecule has 0 unspecified atom stereocenters. The molecule has 1 rings (SSSR count). The Morgan fingerprint density at radius 3 is 2.58 bits per heavy atom. The van der Waals surface area contributed by atoms with Crippen LogP contribution in [-0.2, 0) is 0 Å². The molecule has 12 heavy (non-hydrogen) atoms. The molecule has 62 valence electrons. The number of rotatable bonds is 2. The van der Waals surface area contributed by atoms with Gasteiger partial charge in [-0.05, 0) is 30.5 Å². The minimum absolute atomic E-state index is 0.980. The van der Waals surface area contributed by atoms with E-state index in [-0.39, 0.29) is 0 Å². The first-order chi connectivity index (χ1) is 5.79. The highest BCUT2D eigenvalue weighted by molar-refractivity contribution is 5.86. The zero-order valence-corrected chi connectivity index (χ0v) is 7.46. The van der Waals surface area contributed by atoms with E-state index < -0.39 is 0 Å². The number of benzene rings is 1. The lowest BCUT2D eigenvalue weighted by Gasteiger charge is -2.03. The standard InChI is InChI=1S/C11H13N/c1-3-9(2)11-7-5-4-6-10(11)8-12/h3-8,12H,1-2H3/b9-3-,12-8?. The Morgan fingerprint density at radius 1 is 1.33 bits per heavy atom. The summed E-state index contributed by atoms with van der Waals surface area (Å²) in [6.45, 7) is 4.07. The Kier molecular flexibility index (Phi) is 2.81. The second-order valence-corrected chi connectivity index (χ2v) is 2.70. The van der Waals surface area contributed by atoms with E-state index in [9.17, 15) is 0 Å². The molecule has 0 aliphatic carbocycles. The second-order valence-electron chi connectivity index (χ2n) is 2.70. The van der Waals surface area contributed by atoms with E-state index in [0.717, 1.165) is 11.1 Å². The van der Waals surface area contributed by atoms with Crippen LogP contribution in [0.4, 0.5) is 0 Å². The number of nitrogens with one attached hydrogen (secondary N) is 1. The largest absolute Gasteiger partial charge is 0.308 e. The van der Waals surface area contributed by atoms with Gasteiger partial charge in [-0.15, -0.1) is 0 Å².